The first-order valence-electron chi connectivity index (χ1n) is 9.31. The van der Waals surface area contributed by atoms with Crippen molar-refractivity contribution in [1.82, 2.24) is 0 Å². The number of Topliss-reactive ketones (excluding diaryl/α,β-unsaturated/α-hetero) is 1. The van der Waals surface area contributed by atoms with E-state index >= 15 is 4.39 Å². The van der Waals surface area contributed by atoms with Crippen molar-refractivity contribution in [3.05, 3.63) is 35.7 Å². The highest BCUT2D eigenvalue weighted by Crippen LogP contribution is 2.70. The summed E-state index contributed by atoms with van der Waals surface area (Å²) in [5, 5.41) is 10.6. The van der Waals surface area contributed by atoms with Crippen molar-refractivity contribution in [3.8, 4) is 0 Å². The number of fused-ring (bicyclic) bond motifs is 5. The third-order valence-electron chi connectivity index (χ3n) is 7.95. The summed E-state index contributed by atoms with van der Waals surface area (Å²) in [5.41, 5.74) is -2.95. The molecule has 7 atom stereocenters. The Hall–Kier alpha value is -0.970. The van der Waals surface area contributed by atoms with Crippen LogP contribution in [-0.2, 0) is 9.59 Å². The molecule has 0 aromatic heterocycles. The van der Waals surface area contributed by atoms with E-state index in [9.17, 15) is 14.7 Å². The molecular weight excluding hydrogens is 390 g/mol. The fraction of sp³-hybridized carbons (Fsp3) is 0.619. The van der Waals surface area contributed by atoms with E-state index < -0.39 is 38.4 Å². The lowest BCUT2D eigenvalue weighted by Gasteiger charge is -2.62. The topological polar surface area (TPSA) is 54.4 Å². The maximum absolute atomic E-state index is 15.1. The summed E-state index contributed by atoms with van der Waals surface area (Å²) in [6.45, 7) is 5.09. The Kier molecular flexibility index (Phi) is 3.98. The minimum atomic E-state index is -1.48. The molecule has 6 heteroatoms. The summed E-state index contributed by atoms with van der Waals surface area (Å²) in [6.07, 6.45) is 7.08. The van der Waals surface area contributed by atoms with Gasteiger partial charge in [0.15, 0.2) is 11.6 Å². The summed E-state index contributed by atoms with van der Waals surface area (Å²) in [4.78, 5) is 23.1. The van der Waals surface area contributed by atoms with Gasteiger partial charge in [-0.25, -0.2) is 4.39 Å². The van der Waals surface area contributed by atoms with Gasteiger partial charge in [-0.1, -0.05) is 19.9 Å². The van der Waals surface area contributed by atoms with Crippen LogP contribution in [0.15, 0.2) is 35.7 Å². The van der Waals surface area contributed by atoms with Gasteiger partial charge < -0.3 is 5.11 Å². The van der Waals surface area contributed by atoms with Gasteiger partial charge in [0.05, 0.1) is 10.3 Å². The summed E-state index contributed by atoms with van der Waals surface area (Å²) in [5.74, 6) is -1.68. The monoisotopic (exact) mass is 412 g/mol. The van der Waals surface area contributed by atoms with Crippen LogP contribution in [0.2, 0.25) is 0 Å². The molecule has 4 rings (SSSR count). The van der Waals surface area contributed by atoms with E-state index in [1.54, 1.807) is 6.08 Å². The van der Waals surface area contributed by atoms with E-state index in [-0.39, 0.29) is 23.1 Å². The number of carbonyl (C=O) groups is 2. The fourth-order valence-electron chi connectivity index (χ4n) is 6.26. The predicted molar refractivity (Wildman–Crippen MR) is 102 cm³/mol. The molecular formula is C21H23Cl2FO3. The van der Waals surface area contributed by atoms with Gasteiger partial charge in [-0.2, -0.15) is 0 Å². The van der Waals surface area contributed by atoms with Crippen LogP contribution in [0.4, 0.5) is 4.39 Å². The largest absolute Gasteiger partial charge is 0.382 e. The lowest BCUT2D eigenvalue weighted by Crippen LogP contribution is -2.66. The highest BCUT2D eigenvalue weighted by Gasteiger charge is 2.72. The standard InChI is InChI=1S/C21H23Cl2FO3/c1-11(25)20(27)7-5-13-14-9-16(24)15-8-12(26)4-6-18(15,2)21(14,23)17(22)10-19(13,20)3/h4,6,8-9,13-14,17,27H,5,7,10H2,1-3H3/t13-,14-,17-,18-,19-,20-,21-/m0/s1. The second-order valence-electron chi connectivity index (χ2n) is 8.96. The van der Waals surface area contributed by atoms with Crippen LogP contribution in [0.5, 0.6) is 0 Å². The minimum Gasteiger partial charge on any atom is -0.382 e. The molecule has 146 valence electrons. The molecule has 27 heavy (non-hydrogen) atoms. The van der Waals surface area contributed by atoms with Crippen molar-refractivity contribution in [3.63, 3.8) is 0 Å². The molecule has 0 saturated heterocycles. The summed E-state index contributed by atoms with van der Waals surface area (Å²) in [7, 11) is 0. The SMILES string of the molecule is CC(=O)[C@@]1(O)CC[C@H]2[C@@H]3C=C(F)C4=CC(=O)C=C[C@]4(C)[C@@]3(Cl)[C@@H](Cl)C[C@@]21C. The quantitative estimate of drug-likeness (QED) is 0.654. The maximum atomic E-state index is 15.1. The van der Waals surface area contributed by atoms with Gasteiger partial charge in [0, 0.05) is 22.3 Å². The molecule has 4 aliphatic rings. The van der Waals surface area contributed by atoms with Crippen molar-refractivity contribution >= 4 is 34.8 Å². The van der Waals surface area contributed by atoms with E-state index in [2.05, 4.69) is 0 Å². The van der Waals surface area contributed by atoms with Gasteiger partial charge in [0.25, 0.3) is 0 Å². The van der Waals surface area contributed by atoms with Crippen LogP contribution in [0, 0.1) is 22.7 Å². The molecule has 0 radical (unpaired) electrons. The van der Waals surface area contributed by atoms with E-state index in [0.29, 0.717) is 19.3 Å². The van der Waals surface area contributed by atoms with Crippen molar-refractivity contribution < 1.29 is 19.1 Å². The van der Waals surface area contributed by atoms with Gasteiger partial charge >= 0.3 is 0 Å². The zero-order valence-corrected chi connectivity index (χ0v) is 17.1. The number of ketones is 2. The lowest BCUT2D eigenvalue weighted by atomic mass is 9.48. The van der Waals surface area contributed by atoms with Crippen molar-refractivity contribution in [2.45, 2.75) is 55.9 Å². The molecule has 2 fully saturated rings. The number of hydrogen-bond acceptors (Lipinski definition) is 3. The molecule has 0 bridgehead atoms. The second-order valence-corrected chi connectivity index (χ2v) is 10.1. The molecule has 2 saturated carbocycles. The van der Waals surface area contributed by atoms with Crippen LogP contribution in [0.1, 0.15) is 40.0 Å². The first-order valence-corrected chi connectivity index (χ1v) is 10.1. The van der Waals surface area contributed by atoms with E-state index in [1.807, 2.05) is 13.8 Å². The highest BCUT2D eigenvalue weighted by molar-refractivity contribution is 6.34. The minimum absolute atomic E-state index is 0.186. The molecule has 0 aliphatic heterocycles. The van der Waals surface area contributed by atoms with Crippen LogP contribution < -0.4 is 0 Å². The van der Waals surface area contributed by atoms with Crippen LogP contribution >= 0.6 is 23.2 Å². The maximum Gasteiger partial charge on any atom is 0.178 e. The first kappa shape index (κ1) is 19.4. The lowest BCUT2D eigenvalue weighted by molar-refractivity contribution is -0.154. The second kappa shape index (κ2) is 5.55. The molecule has 0 aromatic carbocycles. The van der Waals surface area contributed by atoms with E-state index in [4.69, 9.17) is 23.2 Å². The van der Waals surface area contributed by atoms with Crippen LogP contribution in [-0.4, -0.2) is 32.5 Å². The summed E-state index contributed by atoms with van der Waals surface area (Å²) >= 11 is 14.1. The molecule has 0 heterocycles. The Morgan fingerprint density at radius 1 is 1.37 bits per heavy atom. The van der Waals surface area contributed by atoms with Gasteiger partial charge in [0.1, 0.15) is 11.4 Å². The van der Waals surface area contributed by atoms with E-state index in [1.165, 1.54) is 25.2 Å². The Bertz CT molecular complexity index is 848. The molecule has 0 unspecified atom stereocenters. The third kappa shape index (κ3) is 2.07. The highest BCUT2D eigenvalue weighted by atomic mass is 35.5. The molecule has 0 spiro atoms. The summed E-state index contributed by atoms with van der Waals surface area (Å²) in [6, 6.07) is 0. The average Bonchev–Trinajstić information content (AvgIpc) is 2.85. The molecule has 4 aliphatic carbocycles. The molecule has 1 N–H and O–H groups in total. The predicted octanol–water partition coefficient (Wildman–Crippen LogP) is 4.27. The van der Waals surface area contributed by atoms with Crippen molar-refractivity contribution in [2.24, 2.45) is 22.7 Å². The Morgan fingerprint density at radius 3 is 2.67 bits per heavy atom. The third-order valence-corrected chi connectivity index (χ3v) is 9.46. The Labute approximate surface area is 168 Å². The normalized spacial score (nSPS) is 51.1. The first-order chi connectivity index (χ1) is 12.4. The van der Waals surface area contributed by atoms with Crippen LogP contribution in [0.25, 0.3) is 0 Å². The number of aliphatic hydroxyl groups is 1. The summed E-state index contributed by atoms with van der Waals surface area (Å²) < 4.78 is 15.1. The number of carbonyl (C=O) groups excluding carboxylic acids is 2. The van der Waals surface area contributed by atoms with Crippen molar-refractivity contribution in [2.75, 3.05) is 0 Å². The fourth-order valence-corrected chi connectivity index (χ4v) is 7.41. The molecule has 3 nitrogen and oxygen atoms in total. The molecule has 0 aromatic rings. The molecule has 0 amide bonds. The number of allylic oxidation sites excluding steroid dienone is 6. The van der Waals surface area contributed by atoms with Crippen LogP contribution in [0.3, 0.4) is 0 Å². The Balaban J connectivity index is 1.92. The van der Waals surface area contributed by atoms with Crippen molar-refractivity contribution in [1.29, 1.82) is 0 Å². The number of halogens is 3. The van der Waals surface area contributed by atoms with Gasteiger partial charge in [0.2, 0.25) is 0 Å². The van der Waals surface area contributed by atoms with Gasteiger partial charge in [-0.05, 0) is 50.3 Å². The zero-order valence-electron chi connectivity index (χ0n) is 15.6. The number of rotatable bonds is 1. The average molecular weight is 413 g/mol. The smallest absolute Gasteiger partial charge is 0.178 e. The van der Waals surface area contributed by atoms with Gasteiger partial charge in [-0.3, -0.25) is 9.59 Å². The van der Waals surface area contributed by atoms with E-state index in [0.717, 1.165) is 0 Å². The van der Waals surface area contributed by atoms with Gasteiger partial charge in [-0.15, -0.1) is 23.2 Å². The zero-order chi connectivity index (χ0) is 20.0. The number of hydrogen-bond donors (Lipinski definition) is 1. The Morgan fingerprint density at radius 2 is 2.04 bits per heavy atom. The number of alkyl halides is 2.